The van der Waals surface area contributed by atoms with Crippen LogP contribution in [0.15, 0.2) is 156 Å². The average Bonchev–Trinajstić information content (AvgIpc) is 4.11. The van der Waals surface area contributed by atoms with Gasteiger partial charge in [-0.1, -0.05) is 153 Å². The van der Waals surface area contributed by atoms with Crippen LogP contribution in [0.25, 0.3) is 94.1 Å². The number of imidazole rings is 1. The Hall–Kier alpha value is -6.72. The van der Waals surface area contributed by atoms with Crippen LogP contribution in [0.4, 0.5) is 0 Å². The van der Waals surface area contributed by atoms with Gasteiger partial charge in [-0.15, -0.1) is 53.6 Å². The molecule has 0 bridgehead atoms. The van der Waals surface area contributed by atoms with E-state index in [2.05, 4.69) is 204 Å². The first-order valence-corrected chi connectivity index (χ1v) is 26.0. The Kier molecular flexibility index (Phi) is 12.5. The Morgan fingerprint density at radius 3 is 2.12 bits per heavy atom. The van der Waals surface area contributed by atoms with Crippen molar-refractivity contribution in [2.45, 2.75) is 118 Å². The van der Waals surface area contributed by atoms with Crippen molar-refractivity contribution in [1.29, 1.82) is 0 Å². The standard InChI is InChI=1S/C53H49N2O.C15H17N2.Ir/c1-32(2)42-29-39(34-13-8-7-9-14-34)30-43(33(3)4)50(42)55-48-18-11-10-17-47(48)54-52(55)41-16-12-15-40-46-28-38-22-20-36-19-21-37(35-23-25-53(5,6)26-24-35)27-44(36)45(38)31-49(46)56-51(40)41;1-11-5-7-12(8-6-11)14-16-10-9-13(17-14)15(2,3)4;/h7-15,17-22,27-33,35H,23-26H2,1-6H3;5-7,9-10H,1-4H3;/q2*-1;/i35D;1D3;. The van der Waals surface area contributed by atoms with Crippen LogP contribution in [-0.4, -0.2) is 19.5 Å². The van der Waals surface area contributed by atoms with Gasteiger partial charge in [0.25, 0.3) is 0 Å². The minimum Gasteiger partial charge on any atom is -0.501 e. The third-order valence-corrected chi connectivity index (χ3v) is 15.0. The topological polar surface area (TPSA) is 56.7 Å². The minimum atomic E-state index is -2.11. The van der Waals surface area contributed by atoms with Gasteiger partial charge < -0.3 is 8.98 Å². The first-order chi connectivity index (χ1) is 36.7. The van der Waals surface area contributed by atoms with Gasteiger partial charge in [0.1, 0.15) is 5.58 Å². The molecular weight excluding hydrogens is 1080 g/mol. The molecule has 3 heterocycles. The van der Waals surface area contributed by atoms with E-state index in [1.807, 2.05) is 12.1 Å². The molecule has 0 N–H and O–H groups in total. The van der Waals surface area contributed by atoms with Crippen molar-refractivity contribution < 1.29 is 30.0 Å². The third-order valence-electron chi connectivity index (χ3n) is 15.0. The van der Waals surface area contributed by atoms with Crippen LogP contribution in [0.2, 0.25) is 0 Å². The van der Waals surface area contributed by atoms with Gasteiger partial charge in [-0.05, 0) is 141 Å². The first-order valence-electron chi connectivity index (χ1n) is 28.0. The molecule has 74 heavy (non-hydrogen) atoms. The van der Waals surface area contributed by atoms with Gasteiger partial charge in [0.15, 0.2) is 0 Å². The maximum Gasteiger partial charge on any atom is 0.121 e. The summed E-state index contributed by atoms with van der Waals surface area (Å²) in [5, 5.41) is 6.82. The summed E-state index contributed by atoms with van der Waals surface area (Å²) in [4.78, 5) is 14.1. The third kappa shape index (κ3) is 9.76. The number of hydrogen-bond donors (Lipinski definition) is 0. The first kappa shape index (κ1) is 45.9. The molecule has 0 unspecified atom stereocenters. The number of rotatable bonds is 7. The zero-order valence-corrected chi connectivity index (χ0v) is 46.3. The maximum atomic E-state index is 9.54. The van der Waals surface area contributed by atoms with E-state index in [-0.39, 0.29) is 42.9 Å². The molecular formula is C68H66IrN4O-2. The van der Waals surface area contributed by atoms with Crippen molar-refractivity contribution in [3.8, 4) is 39.6 Å². The SMILES string of the molecule is [2H]C([2H])([2H])c1c[c-]c(-c2nccc(C(C)(C)C)n2)cc1.[2H]C1(c2ccc3ccc4cc5c(cc4c3c2)oc2c(-c3nc4ccccc4n3-c3c(C(C)C)cc(-c4ccccc4)cc3C(C)C)[c-]ccc25)CCC(C)(C)CC1.[Ir]. The number of hydrogen-bond acceptors (Lipinski definition) is 4. The molecule has 1 aliphatic carbocycles. The van der Waals surface area contributed by atoms with E-state index < -0.39 is 12.7 Å². The Balaban J connectivity index is 0.000000277. The molecule has 0 spiro atoms. The van der Waals surface area contributed by atoms with Crippen LogP contribution in [0.1, 0.15) is 139 Å². The molecule has 0 amide bonds. The van der Waals surface area contributed by atoms with Crippen molar-refractivity contribution in [3.63, 3.8) is 0 Å². The van der Waals surface area contributed by atoms with Gasteiger partial charge in [0.2, 0.25) is 0 Å². The summed E-state index contributed by atoms with van der Waals surface area (Å²) in [7, 11) is 0. The molecule has 1 fully saturated rings. The van der Waals surface area contributed by atoms with E-state index in [9.17, 15) is 1.37 Å². The monoisotopic (exact) mass is 1150 g/mol. The summed E-state index contributed by atoms with van der Waals surface area (Å²) in [6.45, 7) is 18.0. The Morgan fingerprint density at radius 1 is 0.716 bits per heavy atom. The summed E-state index contributed by atoms with van der Waals surface area (Å²) >= 11 is 0. The Morgan fingerprint density at radius 2 is 1.42 bits per heavy atom. The molecule has 0 aliphatic heterocycles. The fourth-order valence-electron chi connectivity index (χ4n) is 10.7. The quantitative estimate of drug-likeness (QED) is 0.118. The van der Waals surface area contributed by atoms with E-state index in [0.717, 1.165) is 86.7 Å². The van der Waals surface area contributed by atoms with E-state index in [1.165, 1.54) is 50.2 Å². The van der Waals surface area contributed by atoms with Crippen LogP contribution in [-0.2, 0) is 25.5 Å². The molecule has 8 aromatic carbocycles. The van der Waals surface area contributed by atoms with Crippen LogP contribution in [0.5, 0.6) is 0 Å². The van der Waals surface area contributed by atoms with Gasteiger partial charge in [0, 0.05) is 54.0 Å². The zero-order chi connectivity index (χ0) is 54.2. The smallest absolute Gasteiger partial charge is 0.121 e. The molecule has 11 aromatic rings. The summed E-state index contributed by atoms with van der Waals surface area (Å²) in [6, 6.07) is 57.0. The zero-order valence-electron chi connectivity index (χ0n) is 47.9. The molecule has 12 rings (SSSR count). The second-order valence-corrected chi connectivity index (χ2v) is 22.5. The van der Waals surface area contributed by atoms with E-state index in [4.69, 9.17) is 13.5 Å². The second kappa shape index (κ2) is 20.2. The molecule has 1 aliphatic rings. The largest absolute Gasteiger partial charge is 0.501 e. The van der Waals surface area contributed by atoms with Crippen LogP contribution in [0.3, 0.4) is 0 Å². The molecule has 3 aromatic heterocycles. The van der Waals surface area contributed by atoms with Gasteiger partial charge in [0.05, 0.1) is 28.3 Å². The Bertz CT molecular complexity index is 3980. The minimum absolute atomic E-state index is 0. The van der Waals surface area contributed by atoms with Crippen molar-refractivity contribution >= 4 is 54.5 Å². The van der Waals surface area contributed by atoms with Crippen molar-refractivity contribution in [3.05, 3.63) is 192 Å². The summed E-state index contributed by atoms with van der Waals surface area (Å²) in [5.41, 5.74) is 14.0. The molecule has 0 saturated heterocycles. The van der Waals surface area contributed by atoms with Crippen LogP contribution < -0.4 is 0 Å². The van der Waals surface area contributed by atoms with E-state index in [1.54, 1.807) is 18.3 Å². The van der Waals surface area contributed by atoms with Crippen LogP contribution >= 0.6 is 0 Å². The number of benzene rings is 8. The number of nitrogens with zero attached hydrogens (tertiary/aromatic N) is 4. The second-order valence-electron chi connectivity index (χ2n) is 22.5. The number of aromatic nitrogens is 4. The van der Waals surface area contributed by atoms with E-state index in [0.29, 0.717) is 16.8 Å². The summed E-state index contributed by atoms with van der Waals surface area (Å²) in [6.07, 6.45) is 5.65. The van der Waals surface area contributed by atoms with Crippen molar-refractivity contribution in [1.82, 2.24) is 19.5 Å². The summed E-state index contributed by atoms with van der Waals surface area (Å²) < 4.78 is 40.9. The summed E-state index contributed by atoms with van der Waals surface area (Å²) in [5.74, 6) is 1.36. The van der Waals surface area contributed by atoms with Crippen molar-refractivity contribution in [2.75, 3.05) is 0 Å². The van der Waals surface area contributed by atoms with Gasteiger partial charge in [-0.25, -0.2) is 0 Å². The van der Waals surface area contributed by atoms with Gasteiger partial charge >= 0.3 is 0 Å². The fourth-order valence-corrected chi connectivity index (χ4v) is 10.7. The normalized spacial score (nSPS) is 15.4. The molecule has 5 nitrogen and oxygen atoms in total. The predicted octanol–water partition coefficient (Wildman–Crippen LogP) is 18.8. The molecule has 1 saturated carbocycles. The molecule has 0 atom stereocenters. The molecule has 6 heteroatoms. The predicted molar refractivity (Wildman–Crippen MR) is 306 cm³/mol. The van der Waals surface area contributed by atoms with Crippen LogP contribution in [0, 0.1) is 24.4 Å². The number of fused-ring (bicyclic) bond motifs is 7. The number of para-hydroxylation sites is 2. The maximum absolute atomic E-state index is 9.54. The average molecular weight is 1150 g/mol. The van der Waals surface area contributed by atoms with E-state index >= 15 is 0 Å². The number of furan rings is 1. The van der Waals surface area contributed by atoms with Crippen molar-refractivity contribution in [2.24, 2.45) is 5.41 Å². The van der Waals surface area contributed by atoms with Gasteiger partial charge in [-0.2, -0.15) is 0 Å². The molecule has 375 valence electrons. The molecule has 1 radical (unpaired) electrons. The van der Waals surface area contributed by atoms with Gasteiger partial charge in [-0.3, -0.25) is 15.0 Å². The number of aryl methyl sites for hydroxylation is 1. The Labute approximate surface area is 456 Å². The fraction of sp³-hybridized carbons (Fsp3) is 0.279.